The summed E-state index contributed by atoms with van der Waals surface area (Å²) in [6.07, 6.45) is 0.303. The Bertz CT molecular complexity index is 1020. The number of aromatic nitrogens is 2. The van der Waals surface area contributed by atoms with Crippen LogP contribution in [0.1, 0.15) is 57.8 Å². The highest BCUT2D eigenvalue weighted by Crippen LogP contribution is 2.21. The molecule has 0 aliphatic carbocycles. The van der Waals surface area contributed by atoms with E-state index in [1.165, 1.54) is 16.5 Å². The molecule has 2 rings (SSSR count). The number of rotatable bonds is 6. The molecule has 0 radical (unpaired) electrons. The maximum Gasteiger partial charge on any atom is 0.410 e. The first-order valence-electron chi connectivity index (χ1n) is 11.0. The van der Waals surface area contributed by atoms with Crippen molar-refractivity contribution in [1.82, 2.24) is 14.0 Å². The van der Waals surface area contributed by atoms with E-state index in [-0.39, 0.29) is 23.8 Å². The molecule has 2 N–H and O–H groups in total. The third-order valence-electron chi connectivity index (χ3n) is 5.24. The largest absolute Gasteiger partial charge is 0.457 e. The highest BCUT2D eigenvalue weighted by Gasteiger charge is 2.31. The molecule has 1 aliphatic rings. The molecule has 33 heavy (non-hydrogen) atoms. The number of esters is 1. The van der Waals surface area contributed by atoms with Crippen molar-refractivity contribution in [3.8, 4) is 0 Å². The van der Waals surface area contributed by atoms with Crippen LogP contribution in [0, 0.1) is 11.8 Å². The number of piperidine rings is 1. The summed E-state index contributed by atoms with van der Waals surface area (Å²) in [4.78, 5) is 63.7. The Morgan fingerprint density at radius 3 is 2.21 bits per heavy atom. The smallest absolute Gasteiger partial charge is 0.410 e. The van der Waals surface area contributed by atoms with Crippen LogP contribution in [0.3, 0.4) is 0 Å². The van der Waals surface area contributed by atoms with E-state index in [1.54, 1.807) is 20.8 Å². The van der Waals surface area contributed by atoms with Gasteiger partial charge in [0.05, 0.1) is 5.92 Å². The van der Waals surface area contributed by atoms with Crippen LogP contribution >= 0.6 is 0 Å². The Morgan fingerprint density at radius 2 is 1.70 bits per heavy atom. The molecule has 0 bridgehead atoms. The zero-order chi connectivity index (χ0) is 25.1. The molecule has 11 nitrogen and oxygen atoms in total. The molecule has 1 amide bonds. The molecule has 1 saturated heterocycles. The maximum absolute atomic E-state index is 12.7. The SMILES string of the molecule is CC(C)Cn1c(N)c(C(=O)COC(=O)C2CCN(C(=O)OC(C)(C)C)CC2)c(=O)n(C)c1=O. The average Bonchev–Trinajstić information content (AvgIpc) is 2.72. The van der Waals surface area contributed by atoms with Gasteiger partial charge in [0.1, 0.15) is 17.0 Å². The zero-order valence-corrected chi connectivity index (χ0v) is 20.2. The lowest BCUT2D eigenvalue weighted by atomic mass is 9.97. The van der Waals surface area contributed by atoms with Crippen LogP contribution in [-0.4, -0.2) is 57.2 Å². The Kier molecular flexibility index (Phi) is 8.10. The maximum atomic E-state index is 12.7. The second-order valence-electron chi connectivity index (χ2n) is 9.68. The van der Waals surface area contributed by atoms with Gasteiger partial charge in [-0.25, -0.2) is 9.59 Å². The van der Waals surface area contributed by atoms with Gasteiger partial charge in [-0.3, -0.25) is 23.5 Å². The third kappa shape index (κ3) is 6.45. The fourth-order valence-electron chi connectivity index (χ4n) is 3.54. The first-order valence-corrected chi connectivity index (χ1v) is 11.0. The van der Waals surface area contributed by atoms with E-state index in [9.17, 15) is 24.0 Å². The van der Waals surface area contributed by atoms with Gasteiger partial charge in [-0.05, 0) is 39.5 Å². The summed E-state index contributed by atoms with van der Waals surface area (Å²) in [5.74, 6) is -2.02. The Hall–Kier alpha value is -3.11. The highest BCUT2D eigenvalue weighted by molar-refractivity contribution is 6.01. The molecular weight excluding hydrogens is 432 g/mol. The van der Waals surface area contributed by atoms with Gasteiger partial charge in [-0.2, -0.15) is 0 Å². The van der Waals surface area contributed by atoms with Gasteiger partial charge in [0.2, 0.25) is 5.78 Å². The minimum Gasteiger partial charge on any atom is -0.457 e. The van der Waals surface area contributed by atoms with Crippen molar-refractivity contribution in [2.24, 2.45) is 18.9 Å². The summed E-state index contributed by atoms with van der Waals surface area (Å²) in [5.41, 5.74) is 3.56. The van der Waals surface area contributed by atoms with E-state index in [0.29, 0.717) is 25.9 Å². The number of carbonyl (C=O) groups excluding carboxylic acids is 3. The van der Waals surface area contributed by atoms with Crippen molar-refractivity contribution in [3.63, 3.8) is 0 Å². The Morgan fingerprint density at radius 1 is 1.12 bits per heavy atom. The number of nitrogen functional groups attached to an aromatic ring is 1. The molecule has 1 fully saturated rings. The van der Waals surface area contributed by atoms with Crippen molar-refractivity contribution in [1.29, 1.82) is 0 Å². The number of hydrogen-bond acceptors (Lipinski definition) is 8. The summed E-state index contributed by atoms with van der Waals surface area (Å²) in [6, 6.07) is 0. The number of ether oxygens (including phenoxy) is 2. The number of ketones is 1. The number of carbonyl (C=O) groups is 3. The monoisotopic (exact) mass is 466 g/mol. The number of amides is 1. The highest BCUT2D eigenvalue weighted by atomic mass is 16.6. The molecule has 1 aromatic heterocycles. The number of Topliss-reactive ketones (excluding diaryl/α,β-unsaturated/α-hetero) is 1. The van der Waals surface area contributed by atoms with Crippen LogP contribution in [0.5, 0.6) is 0 Å². The molecule has 184 valence electrons. The molecule has 2 heterocycles. The van der Waals surface area contributed by atoms with E-state index >= 15 is 0 Å². The predicted octanol–water partition coefficient (Wildman–Crippen LogP) is 1.16. The molecule has 1 aliphatic heterocycles. The molecule has 1 aromatic rings. The first-order chi connectivity index (χ1) is 15.2. The fourth-order valence-corrected chi connectivity index (χ4v) is 3.54. The van der Waals surface area contributed by atoms with Crippen LogP contribution in [0.25, 0.3) is 0 Å². The van der Waals surface area contributed by atoms with Crippen molar-refractivity contribution >= 4 is 23.7 Å². The minimum absolute atomic E-state index is 0.0508. The molecule has 0 spiro atoms. The summed E-state index contributed by atoms with van der Waals surface area (Å²) in [5, 5.41) is 0. The summed E-state index contributed by atoms with van der Waals surface area (Å²) >= 11 is 0. The van der Waals surface area contributed by atoms with E-state index < -0.39 is 47.2 Å². The van der Waals surface area contributed by atoms with Crippen LogP contribution in [0.4, 0.5) is 10.6 Å². The topological polar surface area (TPSA) is 143 Å². The van der Waals surface area contributed by atoms with E-state index in [4.69, 9.17) is 15.2 Å². The van der Waals surface area contributed by atoms with Gasteiger partial charge in [0, 0.05) is 26.7 Å². The molecule has 0 aromatic carbocycles. The van der Waals surface area contributed by atoms with Gasteiger partial charge in [-0.1, -0.05) is 13.8 Å². The van der Waals surface area contributed by atoms with Crippen molar-refractivity contribution in [2.45, 2.75) is 59.6 Å². The number of anilines is 1. The first kappa shape index (κ1) is 26.1. The van der Waals surface area contributed by atoms with Gasteiger partial charge in [0.15, 0.2) is 6.61 Å². The van der Waals surface area contributed by atoms with Crippen LogP contribution in [-0.2, 0) is 27.9 Å². The molecule has 0 atom stereocenters. The number of nitrogens with two attached hydrogens (primary N) is 1. The van der Waals surface area contributed by atoms with E-state index in [1.807, 2.05) is 13.8 Å². The number of likely N-dealkylation sites (tertiary alicyclic amines) is 1. The van der Waals surface area contributed by atoms with Crippen molar-refractivity contribution in [2.75, 3.05) is 25.4 Å². The van der Waals surface area contributed by atoms with Gasteiger partial charge >= 0.3 is 17.8 Å². The van der Waals surface area contributed by atoms with E-state index in [0.717, 1.165) is 4.57 Å². The van der Waals surface area contributed by atoms with Gasteiger partial charge in [-0.15, -0.1) is 0 Å². The normalized spacial score (nSPS) is 14.9. The summed E-state index contributed by atoms with van der Waals surface area (Å²) < 4.78 is 12.5. The van der Waals surface area contributed by atoms with Crippen LogP contribution in [0.15, 0.2) is 9.59 Å². The minimum atomic E-state index is -0.829. The van der Waals surface area contributed by atoms with Crippen LogP contribution < -0.4 is 17.0 Å². The Labute approximate surface area is 192 Å². The summed E-state index contributed by atoms with van der Waals surface area (Å²) in [7, 11) is 1.27. The zero-order valence-electron chi connectivity index (χ0n) is 20.2. The average molecular weight is 467 g/mol. The molecular formula is C22H34N4O7. The van der Waals surface area contributed by atoms with Gasteiger partial charge in [0.25, 0.3) is 5.56 Å². The molecule has 11 heteroatoms. The number of nitrogens with zero attached hydrogens (tertiary/aromatic N) is 3. The lowest BCUT2D eigenvalue weighted by molar-refractivity contribution is -0.149. The third-order valence-corrected chi connectivity index (χ3v) is 5.24. The second-order valence-corrected chi connectivity index (χ2v) is 9.68. The molecule has 0 saturated carbocycles. The van der Waals surface area contributed by atoms with Gasteiger partial charge < -0.3 is 20.1 Å². The number of hydrogen-bond donors (Lipinski definition) is 1. The Balaban J connectivity index is 2.02. The van der Waals surface area contributed by atoms with Crippen molar-refractivity contribution < 1.29 is 23.9 Å². The summed E-state index contributed by atoms with van der Waals surface area (Å²) in [6.45, 7) is 9.30. The predicted molar refractivity (Wildman–Crippen MR) is 121 cm³/mol. The molecule has 0 unspecified atom stereocenters. The van der Waals surface area contributed by atoms with Crippen molar-refractivity contribution in [3.05, 3.63) is 26.4 Å². The fraction of sp³-hybridized carbons (Fsp3) is 0.682. The lowest BCUT2D eigenvalue weighted by Gasteiger charge is -2.32. The standard InChI is InChI=1S/C22H34N4O7/c1-13(2)11-26-17(23)16(18(28)24(6)20(26)30)15(27)12-32-19(29)14-7-9-25(10-8-14)21(31)33-22(3,4)5/h13-14H,7-12,23H2,1-6H3. The van der Waals surface area contributed by atoms with E-state index in [2.05, 4.69) is 0 Å². The second kappa shape index (κ2) is 10.2. The quantitative estimate of drug-likeness (QED) is 0.486. The van der Waals surface area contributed by atoms with Crippen LogP contribution in [0.2, 0.25) is 0 Å². The lowest BCUT2D eigenvalue weighted by Crippen LogP contribution is -2.44.